The maximum Gasteiger partial charge on any atom is 0.387 e. The predicted octanol–water partition coefficient (Wildman–Crippen LogP) is 2.52. The third-order valence-electron chi connectivity index (χ3n) is 5.53. The summed E-state index contributed by atoms with van der Waals surface area (Å²) in [4.78, 5) is 41.7. The van der Waals surface area contributed by atoms with Gasteiger partial charge in [-0.25, -0.2) is 9.50 Å². The lowest BCUT2D eigenvalue weighted by molar-refractivity contribution is -0.118. The molecule has 3 heterocycles. The van der Waals surface area contributed by atoms with Gasteiger partial charge in [-0.15, -0.1) is 0 Å². The fourth-order valence-corrected chi connectivity index (χ4v) is 3.81. The second-order valence-corrected chi connectivity index (χ2v) is 8.19. The Morgan fingerprint density at radius 1 is 1.05 bits per heavy atom. The normalized spacial score (nSPS) is 12.4. The van der Waals surface area contributed by atoms with Crippen molar-refractivity contribution in [1.29, 1.82) is 0 Å². The lowest BCUT2D eigenvalue weighted by Crippen LogP contribution is -2.28. The van der Waals surface area contributed by atoms with Gasteiger partial charge in [0, 0.05) is 25.2 Å². The zero-order valence-electron chi connectivity index (χ0n) is 19.6. The quantitative estimate of drug-likeness (QED) is 0.324. The topological polar surface area (TPSA) is 136 Å². The summed E-state index contributed by atoms with van der Waals surface area (Å²) in [5, 5.41) is 12.2. The summed E-state index contributed by atoms with van der Waals surface area (Å²) in [7, 11) is 0. The van der Waals surface area contributed by atoms with Crippen molar-refractivity contribution in [3.8, 4) is 11.5 Å². The zero-order chi connectivity index (χ0) is 26.6. The molecule has 0 saturated carbocycles. The monoisotopic (exact) mass is 522 g/mol. The van der Waals surface area contributed by atoms with Gasteiger partial charge in [-0.05, 0) is 35.4 Å². The number of nitrogens with zero attached hydrogens (tertiary/aromatic N) is 3. The Hall–Kier alpha value is -5.07. The Labute approximate surface area is 213 Å². The van der Waals surface area contributed by atoms with E-state index in [2.05, 4.69) is 30.8 Å². The van der Waals surface area contributed by atoms with Crippen molar-refractivity contribution in [3.05, 3.63) is 83.3 Å². The molecule has 2 aromatic carbocycles. The molecule has 0 fully saturated rings. The molecule has 1 aliphatic rings. The van der Waals surface area contributed by atoms with Crippen LogP contribution in [0.3, 0.4) is 0 Å². The summed E-state index contributed by atoms with van der Waals surface area (Å²) >= 11 is 0. The highest BCUT2D eigenvalue weighted by Gasteiger charge is 2.19. The largest absolute Gasteiger partial charge is 0.482 e. The number of carbonyl (C=O) groups is 3. The fourth-order valence-electron chi connectivity index (χ4n) is 3.81. The number of hydrogen-bond donors (Lipinski definition) is 3. The fraction of sp³-hybridized carbons (Fsp3) is 0.160. The van der Waals surface area contributed by atoms with E-state index in [4.69, 9.17) is 4.74 Å². The maximum absolute atomic E-state index is 13.0. The van der Waals surface area contributed by atoms with Gasteiger partial charge in [0.2, 0.25) is 0 Å². The molecule has 0 aliphatic carbocycles. The summed E-state index contributed by atoms with van der Waals surface area (Å²) in [6.45, 7) is -2.87. The first kappa shape index (κ1) is 24.6. The van der Waals surface area contributed by atoms with Crippen LogP contribution >= 0.6 is 0 Å². The number of amides is 3. The van der Waals surface area contributed by atoms with Crippen LogP contribution in [0, 0.1) is 0 Å². The van der Waals surface area contributed by atoms with E-state index in [0.717, 1.165) is 0 Å². The number of rotatable bonds is 8. The average Bonchev–Trinajstić information content (AvgIpc) is 3.38. The highest BCUT2D eigenvalue weighted by Crippen LogP contribution is 2.28. The third-order valence-corrected chi connectivity index (χ3v) is 5.53. The number of benzene rings is 2. The summed E-state index contributed by atoms with van der Waals surface area (Å²) in [6, 6.07) is 13.9. The molecule has 2 aromatic heterocycles. The molecule has 4 aromatic rings. The van der Waals surface area contributed by atoms with Crippen LogP contribution in [0.2, 0.25) is 0 Å². The van der Waals surface area contributed by atoms with Crippen LogP contribution in [0.15, 0.2) is 60.8 Å². The summed E-state index contributed by atoms with van der Waals surface area (Å²) in [5.74, 6) is -0.843. The van der Waals surface area contributed by atoms with E-state index < -0.39 is 18.4 Å². The van der Waals surface area contributed by atoms with Crippen molar-refractivity contribution in [1.82, 2.24) is 25.2 Å². The van der Waals surface area contributed by atoms with Gasteiger partial charge in [0.25, 0.3) is 17.7 Å². The Morgan fingerprint density at radius 3 is 2.66 bits per heavy atom. The van der Waals surface area contributed by atoms with Gasteiger partial charge < -0.3 is 25.4 Å². The standard InChI is InChI=1S/C25H20F2N6O5/c26-25(27)38-16-3-1-2-14(8-16)11-29-24(36)19-10-18(31-21-6-7-30-33(19)21)23(35)28-12-15-4-5-20-17(9-15)32-22(34)13-37-20/h1-10,25H,11-13H2,(H,28,35)(H,29,36)(H,32,34). The number of halogens is 2. The van der Waals surface area contributed by atoms with E-state index >= 15 is 0 Å². The molecule has 0 radical (unpaired) electrons. The molecule has 3 amide bonds. The van der Waals surface area contributed by atoms with Gasteiger partial charge in [-0.2, -0.15) is 13.9 Å². The zero-order valence-corrected chi connectivity index (χ0v) is 19.6. The van der Waals surface area contributed by atoms with Gasteiger partial charge >= 0.3 is 6.61 Å². The summed E-state index contributed by atoms with van der Waals surface area (Å²) in [6.07, 6.45) is 1.44. The minimum Gasteiger partial charge on any atom is -0.482 e. The molecule has 0 atom stereocenters. The van der Waals surface area contributed by atoms with Crippen LogP contribution < -0.4 is 25.4 Å². The van der Waals surface area contributed by atoms with Gasteiger partial charge in [-0.1, -0.05) is 18.2 Å². The van der Waals surface area contributed by atoms with Crippen molar-refractivity contribution in [2.45, 2.75) is 19.7 Å². The van der Waals surface area contributed by atoms with E-state index in [1.165, 1.54) is 35.0 Å². The molecular formula is C25H20F2N6O5. The Morgan fingerprint density at radius 2 is 1.84 bits per heavy atom. The molecule has 0 bridgehead atoms. The first-order chi connectivity index (χ1) is 18.4. The number of alkyl halides is 2. The number of nitrogens with one attached hydrogen (secondary N) is 3. The molecule has 1 aliphatic heterocycles. The van der Waals surface area contributed by atoms with Crippen molar-refractivity contribution >= 4 is 29.1 Å². The van der Waals surface area contributed by atoms with Crippen LogP contribution in [-0.4, -0.2) is 45.5 Å². The minimum atomic E-state index is -2.96. The Bertz CT molecular complexity index is 1540. The lowest BCUT2D eigenvalue weighted by Gasteiger charge is -2.18. The summed E-state index contributed by atoms with van der Waals surface area (Å²) < 4.78 is 36.0. The van der Waals surface area contributed by atoms with Crippen molar-refractivity contribution < 1.29 is 32.6 Å². The van der Waals surface area contributed by atoms with Gasteiger partial charge in [0.05, 0.1) is 11.9 Å². The van der Waals surface area contributed by atoms with Crippen LogP contribution in [0.4, 0.5) is 14.5 Å². The number of anilines is 1. The second-order valence-electron chi connectivity index (χ2n) is 8.19. The Kier molecular flexibility index (Phi) is 6.80. The molecule has 5 rings (SSSR count). The van der Waals surface area contributed by atoms with E-state index in [0.29, 0.717) is 22.6 Å². The third kappa shape index (κ3) is 5.51. The molecule has 0 spiro atoms. The molecular weight excluding hydrogens is 502 g/mol. The van der Waals surface area contributed by atoms with Gasteiger partial charge in [0.1, 0.15) is 22.9 Å². The number of hydrogen-bond acceptors (Lipinski definition) is 7. The molecule has 11 nitrogen and oxygen atoms in total. The average molecular weight is 522 g/mol. The minimum absolute atomic E-state index is 0.00919. The maximum atomic E-state index is 13.0. The van der Waals surface area contributed by atoms with Crippen LogP contribution in [-0.2, 0) is 17.9 Å². The Balaban J connectivity index is 1.29. The second kappa shape index (κ2) is 10.5. The molecule has 0 saturated heterocycles. The van der Waals surface area contributed by atoms with Crippen molar-refractivity contribution in [3.63, 3.8) is 0 Å². The summed E-state index contributed by atoms with van der Waals surface area (Å²) in [5.41, 5.74) is 2.08. The van der Waals surface area contributed by atoms with Gasteiger partial charge in [0.15, 0.2) is 12.3 Å². The number of fused-ring (bicyclic) bond motifs is 2. The number of aromatic nitrogens is 3. The molecule has 38 heavy (non-hydrogen) atoms. The highest BCUT2D eigenvalue weighted by molar-refractivity contribution is 5.98. The number of ether oxygens (including phenoxy) is 2. The molecule has 0 unspecified atom stereocenters. The van der Waals surface area contributed by atoms with Crippen LogP contribution in [0.1, 0.15) is 32.1 Å². The molecule has 13 heteroatoms. The SMILES string of the molecule is O=C1COc2ccc(CNC(=O)c3cc(C(=O)NCc4cccc(OC(F)F)c4)n4nccc4n3)cc2N1. The van der Waals surface area contributed by atoms with Gasteiger partial charge in [-0.3, -0.25) is 14.4 Å². The highest BCUT2D eigenvalue weighted by atomic mass is 19.3. The lowest BCUT2D eigenvalue weighted by atomic mass is 10.1. The van der Waals surface area contributed by atoms with E-state index in [1.54, 1.807) is 30.3 Å². The van der Waals surface area contributed by atoms with E-state index in [1.807, 2.05) is 0 Å². The predicted molar refractivity (Wildman–Crippen MR) is 129 cm³/mol. The van der Waals surface area contributed by atoms with Crippen molar-refractivity contribution in [2.75, 3.05) is 11.9 Å². The first-order valence-electron chi connectivity index (χ1n) is 11.4. The van der Waals surface area contributed by atoms with Crippen LogP contribution in [0.5, 0.6) is 11.5 Å². The first-order valence-corrected chi connectivity index (χ1v) is 11.4. The van der Waals surface area contributed by atoms with E-state index in [9.17, 15) is 23.2 Å². The van der Waals surface area contributed by atoms with Crippen molar-refractivity contribution in [2.24, 2.45) is 0 Å². The molecule has 3 N–H and O–H groups in total. The molecule has 194 valence electrons. The smallest absolute Gasteiger partial charge is 0.387 e. The van der Waals surface area contributed by atoms with E-state index in [-0.39, 0.29) is 48.4 Å². The number of carbonyl (C=O) groups excluding carboxylic acids is 3. The van der Waals surface area contributed by atoms with Crippen LogP contribution in [0.25, 0.3) is 5.65 Å².